The Labute approximate surface area is 89.6 Å². The molecule has 2 rings (SSSR count). The summed E-state index contributed by atoms with van der Waals surface area (Å²) in [6.07, 6.45) is 3.04. The van der Waals surface area contributed by atoms with Gasteiger partial charge in [-0.3, -0.25) is 0 Å². The van der Waals surface area contributed by atoms with Crippen LogP contribution in [-0.2, 0) is 6.42 Å². The second-order valence-corrected chi connectivity index (χ2v) is 3.75. The highest BCUT2D eigenvalue weighted by molar-refractivity contribution is 5.80. The average molecular weight is 201 g/mol. The van der Waals surface area contributed by atoms with Crippen LogP contribution < -0.4 is 0 Å². The number of rotatable bonds is 3. The summed E-state index contributed by atoms with van der Waals surface area (Å²) in [7, 11) is 0. The van der Waals surface area contributed by atoms with E-state index in [-0.39, 0.29) is 0 Å². The number of hydrogen-bond donors (Lipinski definition) is 1. The van der Waals surface area contributed by atoms with Gasteiger partial charge in [0, 0.05) is 5.39 Å². The Bertz CT molecular complexity index is 465. The summed E-state index contributed by atoms with van der Waals surface area (Å²) < 4.78 is 0. The first-order chi connectivity index (χ1) is 7.31. The Morgan fingerprint density at radius 3 is 2.87 bits per heavy atom. The molecule has 2 heteroatoms. The monoisotopic (exact) mass is 201 g/mol. The molecule has 0 spiro atoms. The van der Waals surface area contributed by atoms with E-state index in [9.17, 15) is 5.11 Å². The van der Waals surface area contributed by atoms with Crippen molar-refractivity contribution in [2.24, 2.45) is 0 Å². The Hall–Kier alpha value is -1.57. The van der Waals surface area contributed by atoms with Crippen LogP contribution in [-0.4, -0.2) is 10.1 Å². The molecule has 0 aliphatic heterocycles. The van der Waals surface area contributed by atoms with Crippen molar-refractivity contribution < 1.29 is 5.11 Å². The maximum Gasteiger partial charge on any atom is 0.137 e. The lowest BCUT2D eigenvalue weighted by atomic mass is 10.1. The van der Waals surface area contributed by atoms with E-state index in [1.54, 1.807) is 6.07 Å². The number of hydrogen-bond acceptors (Lipinski definition) is 2. The zero-order valence-electron chi connectivity index (χ0n) is 8.90. The average Bonchev–Trinajstić information content (AvgIpc) is 2.26. The van der Waals surface area contributed by atoms with Crippen molar-refractivity contribution in [2.45, 2.75) is 26.2 Å². The molecule has 0 aliphatic carbocycles. The summed E-state index contributed by atoms with van der Waals surface area (Å²) in [6.45, 7) is 2.14. The fourth-order valence-electron chi connectivity index (χ4n) is 1.67. The third-order valence-corrected chi connectivity index (χ3v) is 2.55. The van der Waals surface area contributed by atoms with Crippen LogP contribution in [0.5, 0.6) is 5.75 Å². The standard InChI is InChI=1S/C13H15NO/c1-2-3-7-12-13(15)9-10-6-4-5-8-11(10)14-12/h4-6,8-9,15H,2-3,7H2,1H3. The van der Waals surface area contributed by atoms with E-state index >= 15 is 0 Å². The number of benzene rings is 1. The molecule has 2 aromatic rings. The quantitative estimate of drug-likeness (QED) is 0.826. The van der Waals surface area contributed by atoms with Gasteiger partial charge in [0.2, 0.25) is 0 Å². The smallest absolute Gasteiger partial charge is 0.137 e. The predicted molar refractivity (Wildman–Crippen MR) is 62.0 cm³/mol. The SMILES string of the molecule is CCCCc1nc2ccccc2cc1O. The van der Waals surface area contributed by atoms with Crippen LogP contribution in [0.1, 0.15) is 25.5 Å². The molecule has 0 bridgehead atoms. The molecule has 0 amide bonds. The molecule has 2 nitrogen and oxygen atoms in total. The number of aromatic hydroxyl groups is 1. The highest BCUT2D eigenvalue weighted by atomic mass is 16.3. The number of para-hydroxylation sites is 1. The first-order valence-electron chi connectivity index (χ1n) is 5.39. The highest BCUT2D eigenvalue weighted by Gasteiger charge is 2.04. The van der Waals surface area contributed by atoms with Crippen molar-refractivity contribution in [3.63, 3.8) is 0 Å². The zero-order chi connectivity index (χ0) is 10.7. The molecule has 78 valence electrons. The van der Waals surface area contributed by atoms with Crippen molar-refractivity contribution in [1.29, 1.82) is 0 Å². The van der Waals surface area contributed by atoms with Gasteiger partial charge in [-0.1, -0.05) is 31.5 Å². The molecular weight excluding hydrogens is 186 g/mol. The van der Waals surface area contributed by atoms with E-state index < -0.39 is 0 Å². The summed E-state index contributed by atoms with van der Waals surface area (Å²) >= 11 is 0. The van der Waals surface area contributed by atoms with Crippen molar-refractivity contribution in [1.82, 2.24) is 4.98 Å². The number of nitrogens with zero attached hydrogens (tertiary/aromatic N) is 1. The van der Waals surface area contributed by atoms with Crippen LogP contribution in [0.3, 0.4) is 0 Å². The second-order valence-electron chi connectivity index (χ2n) is 3.75. The predicted octanol–water partition coefficient (Wildman–Crippen LogP) is 3.28. The Kier molecular flexibility index (Phi) is 2.86. The third-order valence-electron chi connectivity index (χ3n) is 2.55. The van der Waals surface area contributed by atoms with Crippen LogP contribution in [0.15, 0.2) is 30.3 Å². The van der Waals surface area contributed by atoms with Gasteiger partial charge in [-0.15, -0.1) is 0 Å². The maximum absolute atomic E-state index is 9.77. The van der Waals surface area contributed by atoms with Crippen LogP contribution in [0.25, 0.3) is 10.9 Å². The number of aromatic nitrogens is 1. The van der Waals surface area contributed by atoms with E-state index in [1.807, 2.05) is 24.3 Å². The molecule has 1 heterocycles. The van der Waals surface area contributed by atoms with Gasteiger partial charge in [-0.2, -0.15) is 0 Å². The van der Waals surface area contributed by atoms with Crippen LogP contribution >= 0.6 is 0 Å². The molecule has 1 aromatic carbocycles. The maximum atomic E-state index is 9.77. The third kappa shape index (κ3) is 2.09. The summed E-state index contributed by atoms with van der Waals surface area (Å²) in [5.74, 6) is 0.321. The highest BCUT2D eigenvalue weighted by Crippen LogP contribution is 2.22. The minimum atomic E-state index is 0.321. The number of fused-ring (bicyclic) bond motifs is 1. The van der Waals surface area contributed by atoms with E-state index in [2.05, 4.69) is 11.9 Å². The van der Waals surface area contributed by atoms with Crippen LogP contribution in [0.2, 0.25) is 0 Å². The van der Waals surface area contributed by atoms with Crippen molar-refractivity contribution >= 4 is 10.9 Å². The minimum Gasteiger partial charge on any atom is -0.506 e. The summed E-state index contributed by atoms with van der Waals surface area (Å²) in [5, 5.41) is 10.8. The van der Waals surface area contributed by atoms with Crippen molar-refractivity contribution in [2.75, 3.05) is 0 Å². The molecule has 1 N–H and O–H groups in total. The molecule has 0 fully saturated rings. The normalized spacial score (nSPS) is 10.7. The number of pyridine rings is 1. The van der Waals surface area contributed by atoms with Gasteiger partial charge in [0.05, 0.1) is 11.2 Å². The molecule has 0 radical (unpaired) electrons. The van der Waals surface area contributed by atoms with Gasteiger partial charge in [0.15, 0.2) is 0 Å². The lowest BCUT2D eigenvalue weighted by Crippen LogP contribution is -1.91. The summed E-state index contributed by atoms with van der Waals surface area (Å²) in [5.41, 5.74) is 1.77. The lowest BCUT2D eigenvalue weighted by molar-refractivity contribution is 0.464. The fraction of sp³-hybridized carbons (Fsp3) is 0.308. The van der Waals surface area contributed by atoms with Gasteiger partial charge in [-0.05, 0) is 25.0 Å². The minimum absolute atomic E-state index is 0.321. The molecule has 0 saturated heterocycles. The van der Waals surface area contributed by atoms with Crippen LogP contribution in [0, 0.1) is 0 Å². The van der Waals surface area contributed by atoms with Crippen molar-refractivity contribution in [3.8, 4) is 5.75 Å². The van der Waals surface area contributed by atoms with Gasteiger partial charge in [0.1, 0.15) is 5.75 Å². The first-order valence-corrected chi connectivity index (χ1v) is 5.39. The summed E-state index contributed by atoms with van der Waals surface area (Å²) in [6, 6.07) is 9.66. The fourth-order valence-corrected chi connectivity index (χ4v) is 1.67. The number of unbranched alkanes of at least 4 members (excludes halogenated alkanes) is 1. The zero-order valence-corrected chi connectivity index (χ0v) is 8.90. The van der Waals surface area contributed by atoms with E-state index in [0.29, 0.717) is 5.75 Å². The van der Waals surface area contributed by atoms with Crippen molar-refractivity contribution in [3.05, 3.63) is 36.0 Å². The topological polar surface area (TPSA) is 33.1 Å². The Morgan fingerprint density at radius 2 is 2.07 bits per heavy atom. The van der Waals surface area contributed by atoms with Crippen LogP contribution in [0.4, 0.5) is 0 Å². The largest absolute Gasteiger partial charge is 0.506 e. The second kappa shape index (κ2) is 4.30. The van der Waals surface area contributed by atoms with Gasteiger partial charge in [-0.25, -0.2) is 4.98 Å². The van der Waals surface area contributed by atoms with E-state index in [0.717, 1.165) is 35.9 Å². The summed E-state index contributed by atoms with van der Waals surface area (Å²) in [4.78, 5) is 4.46. The van der Waals surface area contributed by atoms with Gasteiger partial charge >= 0.3 is 0 Å². The molecule has 0 unspecified atom stereocenters. The Balaban J connectivity index is 2.43. The molecule has 0 atom stereocenters. The van der Waals surface area contributed by atoms with Gasteiger partial charge < -0.3 is 5.11 Å². The lowest BCUT2D eigenvalue weighted by Gasteiger charge is -2.05. The Morgan fingerprint density at radius 1 is 1.27 bits per heavy atom. The molecule has 0 saturated carbocycles. The molecule has 15 heavy (non-hydrogen) atoms. The number of aryl methyl sites for hydroxylation is 1. The molecule has 1 aromatic heterocycles. The molecular formula is C13H15NO. The first kappa shape index (κ1) is 9.97. The van der Waals surface area contributed by atoms with E-state index in [4.69, 9.17) is 0 Å². The van der Waals surface area contributed by atoms with E-state index in [1.165, 1.54) is 0 Å². The van der Waals surface area contributed by atoms with Gasteiger partial charge in [0.25, 0.3) is 0 Å². The molecule has 0 aliphatic rings.